The quantitative estimate of drug-likeness (QED) is 0.847. The number of para-hydroxylation sites is 1. The second-order valence-electron chi connectivity index (χ2n) is 5.41. The van der Waals surface area contributed by atoms with E-state index < -0.39 is 10.8 Å². The van der Waals surface area contributed by atoms with Gasteiger partial charge in [-0.25, -0.2) is 4.68 Å². The largest absolute Gasteiger partial charge is 0.338 e. The molecule has 1 aromatic heterocycles. The van der Waals surface area contributed by atoms with Crippen LogP contribution in [0, 0.1) is 6.92 Å². The molecule has 0 bridgehead atoms. The lowest BCUT2D eigenvalue weighted by atomic mass is 10.2. The Bertz CT molecular complexity index is 682. The minimum Gasteiger partial charge on any atom is -0.338 e. The Morgan fingerprint density at radius 1 is 1.36 bits per heavy atom. The van der Waals surface area contributed by atoms with E-state index in [2.05, 4.69) is 5.10 Å². The topological polar surface area (TPSA) is 55.2 Å². The monoisotopic (exact) mass is 319 g/mol. The Kier molecular flexibility index (Phi) is 5.13. The summed E-state index contributed by atoms with van der Waals surface area (Å²) in [5.41, 5.74) is 2.17. The zero-order valence-electron chi connectivity index (χ0n) is 13.3. The highest BCUT2D eigenvalue weighted by Crippen LogP contribution is 2.14. The molecule has 1 aromatic carbocycles. The highest BCUT2D eigenvalue weighted by atomic mass is 32.2. The summed E-state index contributed by atoms with van der Waals surface area (Å²) in [5.74, 6) is 0.367. The van der Waals surface area contributed by atoms with Crippen molar-refractivity contribution in [2.45, 2.75) is 19.9 Å². The maximum atomic E-state index is 12.6. The Balaban J connectivity index is 2.24. The van der Waals surface area contributed by atoms with Crippen LogP contribution in [0.1, 0.15) is 23.0 Å². The summed E-state index contributed by atoms with van der Waals surface area (Å²) in [6.45, 7) is 3.72. The van der Waals surface area contributed by atoms with E-state index in [-0.39, 0.29) is 11.9 Å². The Labute approximate surface area is 133 Å². The van der Waals surface area contributed by atoms with Crippen molar-refractivity contribution >= 4 is 16.7 Å². The number of hydrogen-bond donors (Lipinski definition) is 0. The van der Waals surface area contributed by atoms with Gasteiger partial charge in [0.1, 0.15) is 0 Å². The zero-order chi connectivity index (χ0) is 16.3. The summed E-state index contributed by atoms with van der Waals surface area (Å²) in [7, 11) is 0.802. The van der Waals surface area contributed by atoms with Crippen LogP contribution in [0.5, 0.6) is 0 Å². The lowest BCUT2D eigenvalue weighted by Crippen LogP contribution is -2.38. The highest BCUT2D eigenvalue weighted by molar-refractivity contribution is 7.84. The molecule has 0 aliphatic carbocycles. The minimum absolute atomic E-state index is 0.0854. The Hall–Kier alpha value is -1.95. The first kappa shape index (κ1) is 16.4. The van der Waals surface area contributed by atoms with Crippen LogP contribution < -0.4 is 0 Å². The molecule has 1 amide bonds. The number of nitrogens with zero attached hydrogens (tertiary/aromatic N) is 3. The molecule has 22 heavy (non-hydrogen) atoms. The first-order chi connectivity index (χ1) is 10.4. The molecule has 2 aromatic rings. The maximum Gasteiger partial charge on any atom is 0.257 e. The third-order valence-corrected chi connectivity index (χ3v) is 4.56. The number of aromatic nitrogens is 2. The predicted molar refractivity (Wildman–Crippen MR) is 88.8 cm³/mol. The van der Waals surface area contributed by atoms with Crippen molar-refractivity contribution in [3.63, 3.8) is 0 Å². The van der Waals surface area contributed by atoms with E-state index >= 15 is 0 Å². The molecule has 0 spiro atoms. The van der Waals surface area contributed by atoms with Crippen molar-refractivity contribution in [1.29, 1.82) is 0 Å². The number of benzene rings is 1. The lowest BCUT2D eigenvalue weighted by molar-refractivity contribution is 0.0756. The number of aryl methyl sites for hydroxylation is 1. The molecule has 2 atom stereocenters. The van der Waals surface area contributed by atoms with Gasteiger partial charge >= 0.3 is 0 Å². The number of amides is 1. The van der Waals surface area contributed by atoms with Crippen LogP contribution in [0.3, 0.4) is 0 Å². The van der Waals surface area contributed by atoms with Gasteiger partial charge in [-0.05, 0) is 26.0 Å². The number of rotatable bonds is 5. The molecular weight excluding hydrogens is 298 g/mol. The molecule has 118 valence electrons. The molecule has 0 radical (unpaired) electrons. The average molecular weight is 319 g/mol. The Morgan fingerprint density at radius 3 is 2.59 bits per heavy atom. The molecule has 0 fully saturated rings. The SMILES string of the molecule is Cc1nn(-c2ccccc2)cc1C(=O)N(C)C(C)CS(C)=O. The Morgan fingerprint density at radius 2 is 2.00 bits per heavy atom. The van der Waals surface area contributed by atoms with Gasteiger partial charge in [-0.15, -0.1) is 0 Å². The lowest BCUT2D eigenvalue weighted by Gasteiger charge is -2.23. The molecular formula is C16H21N3O2S. The molecule has 0 aliphatic rings. The van der Waals surface area contributed by atoms with Gasteiger partial charge < -0.3 is 4.90 Å². The summed E-state index contributed by atoms with van der Waals surface area (Å²) in [6.07, 6.45) is 3.40. The molecule has 0 saturated heterocycles. The number of carbonyl (C=O) groups excluding carboxylic acids is 1. The van der Waals surface area contributed by atoms with Crippen LogP contribution in [-0.2, 0) is 10.8 Å². The first-order valence-corrected chi connectivity index (χ1v) is 8.81. The second kappa shape index (κ2) is 6.87. The van der Waals surface area contributed by atoms with E-state index in [4.69, 9.17) is 0 Å². The van der Waals surface area contributed by atoms with Crippen molar-refractivity contribution in [2.24, 2.45) is 0 Å². The molecule has 0 N–H and O–H groups in total. The summed E-state index contributed by atoms with van der Waals surface area (Å²) in [5, 5.41) is 4.41. The minimum atomic E-state index is -0.934. The third kappa shape index (κ3) is 3.62. The van der Waals surface area contributed by atoms with E-state index in [1.165, 1.54) is 0 Å². The highest BCUT2D eigenvalue weighted by Gasteiger charge is 2.22. The fourth-order valence-corrected chi connectivity index (χ4v) is 3.13. The van der Waals surface area contributed by atoms with Crippen LogP contribution in [0.4, 0.5) is 0 Å². The molecule has 5 nitrogen and oxygen atoms in total. The normalized spacial score (nSPS) is 13.6. The van der Waals surface area contributed by atoms with Gasteiger partial charge in [-0.2, -0.15) is 5.10 Å². The van der Waals surface area contributed by atoms with E-state index in [1.54, 1.807) is 29.1 Å². The van der Waals surface area contributed by atoms with Gasteiger partial charge in [-0.1, -0.05) is 18.2 Å². The van der Waals surface area contributed by atoms with Gasteiger partial charge in [0.15, 0.2) is 0 Å². The maximum absolute atomic E-state index is 12.6. The van der Waals surface area contributed by atoms with E-state index in [0.717, 1.165) is 5.69 Å². The van der Waals surface area contributed by atoms with Crippen LogP contribution in [0.25, 0.3) is 5.69 Å². The summed E-state index contributed by atoms with van der Waals surface area (Å²) in [4.78, 5) is 14.2. The van der Waals surface area contributed by atoms with Crippen molar-refractivity contribution in [1.82, 2.24) is 14.7 Å². The van der Waals surface area contributed by atoms with Gasteiger partial charge in [0.25, 0.3) is 5.91 Å². The predicted octanol–water partition coefficient (Wildman–Crippen LogP) is 2.02. The molecule has 6 heteroatoms. The van der Waals surface area contributed by atoms with Crippen molar-refractivity contribution in [3.8, 4) is 5.69 Å². The summed E-state index contributed by atoms with van der Waals surface area (Å²) < 4.78 is 13.0. The zero-order valence-corrected chi connectivity index (χ0v) is 14.1. The third-order valence-electron chi connectivity index (χ3n) is 3.61. The second-order valence-corrected chi connectivity index (χ2v) is 6.89. The van der Waals surface area contributed by atoms with Crippen molar-refractivity contribution < 1.29 is 9.00 Å². The standard InChI is InChI=1S/C16H21N3O2S/c1-12(11-22(4)21)18(3)16(20)15-10-19(17-13(15)2)14-8-6-5-7-9-14/h5-10,12H,11H2,1-4H3. The van der Waals surface area contributed by atoms with Crippen molar-refractivity contribution in [3.05, 3.63) is 47.8 Å². The molecule has 0 saturated carbocycles. The van der Waals surface area contributed by atoms with Gasteiger partial charge in [0.2, 0.25) is 0 Å². The van der Waals surface area contributed by atoms with Gasteiger partial charge in [0, 0.05) is 42.1 Å². The average Bonchev–Trinajstić information content (AvgIpc) is 2.88. The van der Waals surface area contributed by atoms with E-state index in [9.17, 15) is 9.00 Å². The number of carbonyl (C=O) groups is 1. The smallest absolute Gasteiger partial charge is 0.257 e. The fourth-order valence-electron chi connectivity index (χ4n) is 2.22. The van der Waals surface area contributed by atoms with Crippen LogP contribution in [0.15, 0.2) is 36.5 Å². The van der Waals surface area contributed by atoms with Gasteiger partial charge in [0.05, 0.1) is 16.9 Å². The van der Waals surface area contributed by atoms with Crippen LogP contribution in [-0.4, -0.2) is 49.9 Å². The fraction of sp³-hybridized carbons (Fsp3) is 0.375. The molecule has 0 aliphatic heterocycles. The van der Waals surface area contributed by atoms with Crippen LogP contribution >= 0.6 is 0 Å². The molecule has 1 heterocycles. The first-order valence-electron chi connectivity index (χ1n) is 7.09. The van der Waals surface area contributed by atoms with Crippen LogP contribution in [0.2, 0.25) is 0 Å². The molecule has 2 rings (SSSR count). The van der Waals surface area contributed by atoms with E-state index in [1.807, 2.05) is 44.2 Å². The van der Waals surface area contributed by atoms with E-state index in [0.29, 0.717) is 17.0 Å². The summed E-state index contributed by atoms with van der Waals surface area (Å²) in [6, 6.07) is 9.59. The summed E-state index contributed by atoms with van der Waals surface area (Å²) >= 11 is 0. The molecule has 2 unspecified atom stereocenters. The van der Waals surface area contributed by atoms with Gasteiger partial charge in [-0.3, -0.25) is 9.00 Å². The van der Waals surface area contributed by atoms with Crippen molar-refractivity contribution in [2.75, 3.05) is 19.1 Å². The number of hydrogen-bond acceptors (Lipinski definition) is 3.